The average molecular weight is 492 g/mol. The standard InChI is InChI=1S/C25H41N5O3S/c1-6-14-30-23-10-9-21(34(32,33)29(7-2)8-3)16-22(23)27-24(30)11-12-25(31)26-17-20-13-15-28(18-20)19(4)5/h9-10,16,19-20H,6-8,11-15,17-18H2,1-5H3,(H,26,31). The molecule has 0 spiro atoms. The van der Waals surface area contributed by atoms with Gasteiger partial charge in [-0.15, -0.1) is 0 Å². The molecule has 190 valence electrons. The van der Waals surface area contributed by atoms with E-state index in [4.69, 9.17) is 4.98 Å². The van der Waals surface area contributed by atoms with Crippen LogP contribution in [0.4, 0.5) is 0 Å². The molecular weight excluding hydrogens is 450 g/mol. The number of amides is 1. The van der Waals surface area contributed by atoms with Crippen LogP contribution < -0.4 is 5.32 Å². The van der Waals surface area contributed by atoms with Gasteiger partial charge in [0.2, 0.25) is 15.9 Å². The maximum absolute atomic E-state index is 12.9. The van der Waals surface area contributed by atoms with E-state index in [1.54, 1.807) is 12.1 Å². The van der Waals surface area contributed by atoms with E-state index >= 15 is 0 Å². The fraction of sp³-hybridized carbons (Fsp3) is 0.680. The van der Waals surface area contributed by atoms with Crippen molar-refractivity contribution in [3.8, 4) is 0 Å². The molecule has 0 bridgehead atoms. The molecule has 0 radical (unpaired) electrons. The Morgan fingerprint density at radius 2 is 1.97 bits per heavy atom. The molecule has 1 aromatic heterocycles. The number of imidazole rings is 1. The van der Waals surface area contributed by atoms with Crippen molar-refractivity contribution in [2.45, 2.75) is 77.8 Å². The Kier molecular flexibility index (Phi) is 9.12. The highest BCUT2D eigenvalue weighted by molar-refractivity contribution is 7.89. The maximum atomic E-state index is 12.9. The Morgan fingerprint density at radius 3 is 2.59 bits per heavy atom. The summed E-state index contributed by atoms with van der Waals surface area (Å²) < 4.78 is 29.5. The monoisotopic (exact) mass is 491 g/mol. The lowest BCUT2D eigenvalue weighted by Gasteiger charge is -2.20. The molecule has 2 heterocycles. The van der Waals surface area contributed by atoms with Gasteiger partial charge in [-0.3, -0.25) is 4.79 Å². The number of likely N-dealkylation sites (tertiary alicyclic amines) is 1. The first kappa shape index (κ1) is 26.6. The van der Waals surface area contributed by atoms with Crippen molar-refractivity contribution < 1.29 is 13.2 Å². The summed E-state index contributed by atoms with van der Waals surface area (Å²) in [6.07, 6.45) is 2.96. The normalized spacial score (nSPS) is 17.3. The van der Waals surface area contributed by atoms with Crippen LogP contribution in [0, 0.1) is 5.92 Å². The third-order valence-corrected chi connectivity index (χ3v) is 8.85. The van der Waals surface area contributed by atoms with E-state index in [2.05, 4.69) is 35.6 Å². The number of aryl methyl sites for hydroxylation is 2. The summed E-state index contributed by atoms with van der Waals surface area (Å²) >= 11 is 0. The van der Waals surface area contributed by atoms with E-state index in [0.717, 1.165) is 50.4 Å². The molecule has 1 fully saturated rings. The third kappa shape index (κ3) is 5.98. The molecule has 2 aromatic rings. The number of carbonyl (C=O) groups is 1. The summed E-state index contributed by atoms with van der Waals surface area (Å²) in [7, 11) is -3.54. The van der Waals surface area contributed by atoms with Crippen LogP contribution in [-0.4, -0.2) is 71.8 Å². The van der Waals surface area contributed by atoms with Crippen LogP contribution in [0.5, 0.6) is 0 Å². The number of nitrogens with one attached hydrogen (secondary N) is 1. The highest BCUT2D eigenvalue weighted by Gasteiger charge is 2.25. The molecule has 1 N–H and O–H groups in total. The van der Waals surface area contributed by atoms with E-state index in [9.17, 15) is 13.2 Å². The lowest BCUT2D eigenvalue weighted by Crippen LogP contribution is -2.33. The molecule has 0 saturated carbocycles. The fourth-order valence-electron chi connectivity index (χ4n) is 4.77. The second kappa shape index (κ2) is 11.6. The van der Waals surface area contributed by atoms with Crippen molar-refractivity contribution in [3.05, 3.63) is 24.0 Å². The van der Waals surface area contributed by atoms with Crippen LogP contribution in [0.1, 0.15) is 59.7 Å². The Balaban J connectivity index is 1.69. The second-order valence-corrected chi connectivity index (χ2v) is 11.4. The number of nitrogens with zero attached hydrogens (tertiary/aromatic N) is 4. The first-order valence-electron chi connectivity index (χ1n) is 12.7. The second-order valence-electron chi connectivity index (χ2n) is 9.47. The maximum Gasteiger partial charge on any atom is 0.243 e. The smallest absolute Gasteiger partial charge is 0.243 e. The van der Waals surface area contributed by atoms with Gasteiger partial charge in [0.05, 0.1) is 15.9 Å². The Morgan fingerprint density at radius 1 is 1.24 bits per heavy atom. The zero-order valence-corrected chi connectivity index (χ0v) is 22.2. The minimum Gasteiger partial charge on any atom is -0.356 e. The summed E-state index contributed by atoms with van der Waals surface area (Å²) in [5.74, 6) is 1.39. The van der Waals surface area contributed by atoms with Gasteiger partial charge in [0.15, 0.2) is 0 Å². The Bertz CT molecular complexity index is 1080. The zero-order chi connectivity index (χ0) is 24.9. The Labute approximate surface area is 204 Å². The van der Waals surface area contributed by atoms with E-state index in [-0.39, 0.29) is 10.8 Å². The van der Waals surface area contributed by atoms with Crippen LogP contribution >= 0.6 is 0 Å². The summed E-state index contributed by atoms with van der Waals surface area (Å²) in [5.41, 5.74) is 1.58. The molecule has 8 nitrogen and oxygen atoms in total. The number of fused-ring (bicyclic) bond motifs is 1. The van der Waals surface area contributed by atoms with E-state index in [1.807, 2.05) is 19.9 Å². The van der Waals surface area contributed by atoms with Crippen molar-refractivity contribution in [1.29, 1.82) is 0 Å². The molecule has 9 heteroatoms. The lowest BCUT2D eigenvalue weighted by molar-refractivity contribution is -0.121. The number of benzene rings is 1. The third-order valence-electron chi connectivity index (χ3n) is 6.80. The highest BCUT2D eigenvalue weighted by Crippen LogP contribution is 2.24. The number of carbonyl (C=O) groups excluding carboxylic acids is 1. The number of hydrogen-bond donors (Lipinski definition) is 1. The predicted molar refractivity (Wildman–Crippen MR) is 136 cm³/mol. The summed E-state index contributed by atoms with van der Waals surface area (Å²) in [6.45, 7) is 14.7. The summed E-state index contributed by atoms with van der Waals surface area (Å²) in [6, 6.07) is 5.73. The van der Waals surface area contributed by atoms with Gasteiger partial charge in [0.1, 0.15) is 5.82 Å². The van der Waals surface area contributed by atoms with Gasteiger partial charge in [-0.25, -0.2) is 13.4 Å². The van der Waals surface area contributed by atoms with Gasteiger partial charge in [0.25, 0.3) is 0 Å². The van der Waals surface area contributed by atoms with Crippen LogP contribution in [0.2, 0.25) is 0 Å². The number of rotatable bonds is 12. The van der Waals surface area contributed by atoms with Crippen molar-refractivity contribution in [2.75, 3.05) is 32.7 Å². The van der Waals surface area contributed by atoms with Crippen LogP contribution in [0.15, 0.2) is 23.1 Å². The molecule has 1 atom stereocenters. The molecule has 0 aliphatic carbocycles. The molecule has 1 amide bonds. The minimum absolute atomic E-state index is 0.0444. The topological polar surface area (TPSA) is 87.5 Å². The van der Waals surface area contributed by atoms with Gasteiger partial charge < -0.3 is 14.8 Å². The molecule has 3 rings (SSSR count). The highest BCUT2D eigenvalue weighted by atomic mass is 32.2. The summed E-state index contributed by atoms with van der Waals surface area (Å²) in [5, 5.41) is 3.11. The minimum atomic E-state index is -3.54. The van der Waals surface area contributed by atoms with E-state index in [1.165, 1.54) is 4.31 Å². The fourth-order valence-corrected chi connectivity index (χ4v) is 6.25. The van der Waals surface area contributed by atoms with E-state index < -0.39 is 10.0 Å². The quantitative estimate of drug-likeness (QED) is 0.492. The first-order chi connectivity index (χ1) is 16.2. The van der Waals surface area contributed by atoms with Crippen molar-refractivity contribution >= 4 is 27.0 Å². The van der Waals surface area contributed by atoms with Gasteiger partial charge in [-0.2, -0.15) is 4.31 Å². The largest absolute Gasteiger partial charge is 0.356 e. The zero-order valence-electron chi connectivity index (χ0n) is 21.4. The van der Waals surface area contributed by atoms with Gasteiger partial charge >= 0.3 is 0 Å². The Hall–Kier alpha value is -1.97. The predicted octanol–water partition coefficient (Wildman–Crippen LogP) is 3.26. The molecule has 1 saturated heterocycles. The molecule has 1 aliphatic rings. The van der Waals surface area contributed by atoms with Crippen molar-refractivity contribution in [3.63, 3.8) is 0 Å². The first-order valence-corrected chi connectivity index (χ1v) is 14.1. The van der Waals surface area contributed by atoms with E-state index in [0.29, 0.717) is 43.4 Å². The molecular formula is C25H41N5O3S. The number of sulfonamides is 1. The number of hydrogen-bond acceptors (Lipinski definition) is 5. The summed E-state index contributed by atoms with van der Waals surface area (Å²) in [4.78, 5) is 20.0. The molecule has 1 aromatic carbocycles. The molecule has 1 unspecified atom stereocenters. The molecule has 34 heavy (non-hydrogen) atoms. The van der Waals surface area contributed by atoms with Crippen LogP contribution in [-0.2, 0) is 27.8 Å². The van der Waals surface area contributed by atoms with Gasteiger partial charge in [-0.1, -0.05) is 20.8 Å². The van der Waals surface area contributed by atoms with Gasteiger partial charge in [-0.05, 0) is 57.4 Å². The van der Waals surface area contributed by atoms with Crippen molar-refractivity contribution in [1.82, 2.24) is 24.1 Å². The number of aromatic nitrogens is 2. The lowest BCUT2D eigenvalue weighted by atomic mass is 10.1. The van der Waals surface area contributed by atoms with Gasteiger partial charge in [0, 0.05) is 51.6 Å². The van der Waals surface area contributed by atoms with Crippen LogP contribution in [0.3, 0.4) is 0 Å². The van der Waals surface area contributed by atoms with Crippen LogP contribution in [0.25, 0.3) is 11.0 Å². The SMILES string of the molecule is CCCn1c(CCC(=O)NCC2CCN(C(C)C)C2)nc2cc(S(=O)(=O)N(CC)CC)ccc21. The average Bonchev–Trinajstić information content (AvgIpc) is 3.42. The van der Waals surface area contributed by atoms with Crippen molar-refractivity contribution in [2.24, 2.45) is 5.92 Å². The molecule has 1 aliphatic heterocycles.